The number of sulfonamides is 1. The molecule has 0 radical (unpaired) electrons. The normalized spacial score (nSPS) is 12.9. The minimum Gasteiger partial charge on any atom is -0.449 e. The molecule has 2 aromatic rings. The highest BCUT2D eigenvalue weighted by molar-refractivity contribution is 7.89. The molecular formula is C20H24N2O5S. The molecule has 0 saturated heterocycles. The first-order chi connectivity index (χ1) is 13.0. The Morgan fingerprint density at radius 3 is 2.25 bits per heavy atom. The highest BCUT2D eigenvalue weighted by Gasteiger charge is 2.24. The molecule has 1 atom stereocenters. The molecule has 0 aliphatic carbocycles. The van der Waals surface area contributed by atoms with Crippen LogP contribution in [0.1, 0.15) is 38.1 Å². The number of esters is 1. The maximum Gasteiger partial charge on any atom is 0.338 e. The molecule has 0 fully saturated rings. The van der Waals surface area contributed by atoms with Crippen molar-refractivity contribution in [3.05, 3.63) is 60.2 Å². The van der Waals surface area contributed by atoms with Gasteiger partial charge in [-0.1, -0.05) is 24.3 Å². The number of nitrogens with one attached hydrogen (secondary N) is 2. The van der Waals surface area contributed by atoms with Gasteiger partial charge < -0.3 is 10.1 Å². The molecule has 28 heavy (non-hydrogen) atoms. The number of benzene rings is 2. The van der Waals surface area contributed by atoms with Crippen molar-refractivity contribution < 1.29 is 22.7 Å². The largest absolute Gasteiger partial charge is 0.449 e. The van der Waals surface area contributed by atoms with E-state index in [1.165, 1.54) is 31.2 Å². The van der Waals surface area contributed by atoms with Crippen LogP contribution >= 0.6 is 0 Å². The molecule has 2 aromatic carbocycles. The van der Waals surface area contributed by atoms with Crippen LogP contribution in [0.3, 0.4) is 0 Å². The van der Waals surface area contributed by atoms with Gasteiger partial charge in [0.25, 0.3) is 5.91 Å². The summed E-state index contributed by atoms with van der Waals surface area (Å²) in [5, 5.41) is 2.64. The topological polar surface area (TPSA) is 102 Å². The molecule has 2 rings (SSSR count). The Hall–Kier alpha value is -2.71. The minimum atomic E-state index is -3.80. The van der Waals surface area contributed by atoms with E-state index in [4.69, 9.17) is 4.74 Å². The van der Waals surface area contributed by atoms with Crippen molar-refractivity contribution in [2.24, 2.45) is 0 Å². The molecule has 150 valence electrons. The van der Waals surface area contributed by atoms with Crippen molar-refractivity contribution in [2.45, 2.75) is 44.2 Å². The molecule has 0 bridgehead atoms. The Labute approximate surface area is 165 Å². The molecule has 7 nitrogen and oxygen atoms in total. The number of ether oxygens (including phenoxy) is 1. The van der Waals surface area contributed by atoms with Crippen LogP contribution in [0.4, 0.5) is 5.69 Å². The summed E-state index contributed by atoms with van der Waals surface area (Å²) in [4.78, 5) is 24.5. The molecule has 0 aliphatic heterocycles. The monoisotopic (exact) mass is 404 g/mol. The van der Waals surface area contributed by atoms with Crippen molar-refractivity contribution in [1.29, 1.82) is 0 Å². The van der Waals surface area contributed by atoms with Crippen molar-refractivity contribution in [2.75, 3.05) is 5.32 Å². The summed E-state index contributed by atoms with van der Waals surface area (Å²) < 4.78 is 32.6. The summed E-state index contributed by atoms with van der Waals surface area (Å²) in [6, 6.07) is 14.3. The van der Waals surface area contributed by atoms with Crippen molar-refractivity contribution in [3.63, 3.8) is 0 Å². The highest BCUT2D eigenvalue weighted by Crippen LogP contribution is 2.16. The van der Waals surface area contributed by atoms with E-state index in [1.807, 2.05) is 6.07 Å². The number of anilines is 1. The number of hydrogen-bond donors (Lipinski definition) is 2. The second kappa shape index (κ2) is 8.53. The van der Waals surface area contributed by atoms with E-state index in [2.05, 4.69) is 10.0 Å². The van der Waals surface area contributed by atoms with E-state index < -0.39 is 33.5 Å². The molecular weight excluding hydrogens is 380 g/mol. The summed E-state index contributed by atoms with van der Waals surface area (Å²) in [7, 11) is -3.80. The number of carbonyl (C=O) groups is 2. The lowest BCUT2D eigenvalue weighted by Gasteiger charge is -2.20. The predicted octanol–water partition coefficient (Wildman–Crippen LogP) is 2.95. The maximum atomic E-state index is 12.4. The molecule has 0 aromatic heterocycles. The zero-order valence-electron chi connectivity index (χ0n) is 16.2. The summed E-state index contributed by atoms with van der Waals surface area (Å²) in [5.74, 6) is -1.28. The van der Waals surface area contributed by atoms with Gasteiger partial charge in [0, 0.05) is 11.2 Å². The van der Waals surface area contributed by atoms with Gasteiger partial charge in [-0.05, 0) is 58.0 Å². The third-order valence-electron chi connectivity index (χ3n) is 3.51. The lowest BCUT2D eigenvalue weighted by atomic mass is 10.1. The van der Waals surface area contributed by atoms with Crippen LogP contribution in [-0.4, -0.2) is 31.9 Å². The van der Waals surface area contributed by atoms with Gasteiger partial charge in [0.05, 0.1) is 10.5 Å². The Kier molecular flexibility index (Phi) is 6.58. The smallest absolute Gasteiger partial charge is 0.338 e. The van der Waals surface area contributed by atoms with Crippen molar-refractivity contribution in [1.82, 2.24) is 4.72 Å². The lowest BCUT2D eigenvalue weighted by molar-refractivity contribution is -0.123. The van der Waals surface area contributed by atoms with Gasteiger partial charge in [-0.25, -0.2) is 17.9 Å². The third kappa shape index (κ3) is 6.17. The fourth-order valence-electron chi connectivity index (χ4n) is 2.30. The Balaban J connectivity index is 2.09. The molecule has 8 heteroatoms. The number of para-hydroxylation sites is 1. The summed E-state index contributed by atoms with van der Waals surface area (Å²) in [6.45, 7) is 6.60. The van der Waals surface area contributed by atoms with E-state index in [9.17, 15) is 18.0 Å². The average Bonchev–Trinajstić information content (AvgIpc) is 2.60. The fourth-order valence-corrected chi connectivity index (χ4v) is 3.76. The van der Waals surface area contributed by atoms with Crippen LogP contribution in [0, 0.1) is 0 Å². The van der Waals surface area contributed by atoms with Gasteiger partial charge in [-0.15, -0.1) is 0 Å². The van der Waals surface area contributed by atoms with E-state index in [0.717, 1.165) is 0 Å². The predicted molar refractivity (Wildman–Crippen MR) is 106 cm³/mol. The second-order valence-corrected chi connectivity index (χ2v) is 8.97. The number of hydrogen-bond acceptors (Lipinski definition) is 5. The summed E-state index contributed by atoms with van der Waals surface area (Å²) in [6.07, 6.45) is -1.05. The van der Waals surface area contributed by atoms with Crippen LogP contribution in [0.2, 0.25) is 0 Å². The van der Waals surface area contributed by atoms with Gasteiger partial charge in [0.2, 0.25) is 10.0 Å². The molecule has 0 saturated carbocycles. The third-order valence-corrected chi connectivity index (χ3v) is 5.27. The zero-order valence-corrected chi connectivity index (χ0v) is 17.0. The van der Waals surface area contributed by atoms with E-state index in [-0.39, 0.29) is 10.5 Å². The molecule has 2 N–H and O–H groups in total. The number of rotatable bonds is 6. The van der Waals surface area contributed by atoms with Crippen LogP contribution in [-0.2, 0) is 19.6 Å². The molecule has 0 heterocycles. The number of carbonyl (C=O) groups excluding carboxylic acids is 2. The Bertz CT molecular complexity index is 950. The quantitative estimate of drug-likeness (QED) is 0.721. The van der Waals surface area contributed by atoms with Crippen LogP contribution < -0.4 is 10.0 Å². The van der Waals surface area contributed by atoms with E-state index >= 15 is 0 Å². The van der Waals surface area contributed by atoms with Crippen LogP contribution in [0.5, 0.6) is 0 Å². The van der Waals surface area contributed by atoms with Crippen LogP contribution in [0.15, 0.2) is 59.5 Å². The average molecular weight is 404 g/mol. The first kappa shape index (κ1) is 21.6. The van der Waals surface area contributed by atoms with Gasteiger partial charge >= 0.3 is 5.97 Å². The van der Waals surface area contributed by atoms with Crippen molar-refractivity contribution >= 4 is 27.6 Å². The molecule has 0 spiro atoms. The summed E-state index contributed by atoms with van der Waals surface area (Å²) >= 11 is 0. The number of amides is 1. The Morgan fingerprint density at radius 2 is 1.64 bits per heavy atom. The van der Waals surface area contributed by atoms with Crippen molar-refractivity contribution in [3.8, 4) is 0 Å². The van der Waals surface area contributed by atoms with Gasteiger partial charge in [-0.2, -0.15) is 0 Å². The zero-order chi connectivity index (χ0) is 20.9. The fraction of sp³-hybridized carbons (Fsp3) is 0.300. The molecule has 1 amide bonds. The molecule has 0 aliphatic rings. The van der Waals surface area contributed by atoms with Gasteiger partial charge in [-0.3, -0.25) is 4.79 Å². The first-order valence-corrected chi connectivity index (χ1v) is 10.2. The first-order valence-electron chi connectivity index (χ1n) is 8.69. The van der Waals surface area contributed by atoms with Gasteiger partial charge in [0.1, 0.15) is 0 Å². The minimum absolute atomic E-state index is 0.0381. The summed E-state index contributed by atoms with van der Waals surface area (Å²) in [5.41, 5.74) is -0.0489. The van der Waals surface area contributed by atoms with Gasteiger partial charge in [0.15, 0.2) is 6.10 Å². The highest BCUT2D eigenvalue weighted by atomic mass is 32.2. The van der Waals surface area contributed by atoms with E-state index in [1.54, 1.807) is 45.0 Å². The second-order valence-electron chi connectivity index (χ2n) is 7.29. The maximum absolute atomic E-state index is 12.4. The van der Waals surface area contributed by atoms with E-state index in [0.29, 0.717) is 5.69 Å². The Morgan fingerprint density at radius 1 is 1.00 bits per heavy atom. The standard InChI is InChI=1S/C20H24N2O5S/c1-14(18(23)21-16-10-6-5-7-11-16)27-19(24)15-9-8-12-17(13-15)28(25,26)22-20(2,3)4/h5-14,22H,1-4H3,(H,21,23)/t14-/m1/s1. The SMILES string of the molecule is C[C@@H](OC(=O)c1cccc(S(=O)(=O)NC(C)(C)C)c1)C(=O)Nc1ccccc1. The molecule has 0 unspecified atom stereocenters. The van der Waals surface area contributed by atoms with Crippen LogP contribution in [0.25, 0.3) is 0 Å². The lowest BCUT2D eigenvalue weighted by Crippen LogP contribution is -2.40.